The molecule has 0 saturated carbocycles. The molecule has 134 valence electrons. The Morgan fingerprint density at radius 2 is 2.23 bits per heavy atom. The number of hydrogen-bond acceptors (Lipinski definition) is 10. The maximum Gasteiger partial charge on any atom is 0.433 e. The molecular formula is C13H12N8O5. The van der Waals surface area contributed by atoms with E-state index >= 15 is 0 Å². The average molecular weight is 360 g/mol. The van der Waals surface area contributed by atoms with Gasteiger partial charge in [0.2, 0.25) is 0 Å². The number of nitro groups is 1. The highest BCUT2D eigenvalue weighted by Crippen LogP contribution is 2.14. The zero-order valence-corrected chi connectivity index (χ0v) is 13.1. The van der Waals surface area contributed by atoms with Gasteiger partial charge >= 0.3 is 12.0 Å². The number of H-pyrrole nitrogens is 1. The van der Waals surface area contributed by atoms with Gasteiger partial charge in [-0.25, -0.2) is 19.7 Å². The van der Waals surface area contributed by atoms with Gasteiger partial charge in [0.15, 0.2) is 17.2 Å². The number of nitrogens with one attached hydrogen (secondary N) is 1. The molecule has 1 fully saturated rings. The number of anilines is 1. The summed E-state index contributed by atoms with van der Waals surface area (Å²) in [6.45, 7) is 0.645. The first-order valence-corrected chi connectivity index (χ1v) is 7.16. The van der Waals surface area contributed by atoms with Crippen LogP contribution in [0, 0.1) is 10.1 Å². The number of rotatable bonds is 3. The van der Waals surface area contributed by atoms with Crippen LogP contribution in [0.1, 0.15) is 5.76 Å². The number of amides is 1. The van der Waals surface area contributed by atoms with Crippen LogP contribution in [-0.2, 0) is 4.74 Å². The number of hydrogen-bond donors (Lipinski definition) is 2. The fourth-order valence-corrected chi connectivity index (χ4v) is 1.91. The van der Waals surface area contributed by atoms with E-state index in [0.717, 1.165) is 5.01 Å². The first kappa shape index (κ1) is 16.8. The number of nitrogens with two attached hydrogens (primary N) is 1. The highest BCUT2D eigenvalue weighted by atomic mass is 16.6. The topological polar surface area (TPSA) is 179 Å². The third-order valence-electron chi connectivity index (χ3n) is 3.11. The van der Waals surface area contributed by atoms with Crippen LogP contribution >= 0.6 is 0 Å². The molecule has 1 saturated heterocycles. The molecular weight excluding hydrogens is 348 g/mol. The highest BCUT2D eigenvalue weighted by molar-refractivity contribution is 5.80. The van der Waals surface area contributed by atoms with E-state index in [-0.39, 0.29) is 18.3 Å². The smallest absolute Gasteiger partial charge is 0.433 e. The summed E-state index contributed by atoms with van der Waals surface area (Å²) < 4.78 is 9.44. The Kier molecular flexibility index (Phi) is 4.69. The largest absolute Gasteiger partial charge is 0.446 e. The molecule has 3 aromatic heterocycles. The molecule has 0 radical (unpaired) electrons. The molecule has 13 nitrogen and oxygen atoms in total. The van der Waals surface area contributed by atoms with Crippen molar-refractivity contribution in [3.05, 3.63) is 40.7 Å². The minimum atomic E-state index is -0.651. The summed E-state index contributed by atoms with van der Waals surface area (Å²) in [5.41, 5.74) is 6.78. The molecule has 1 aliphatic heterocycles. The lowest BCUT2D eigenvalue weighted by atomic mass is 10.5. The van der Waals surface area contributed by atoms with Gasteiger partial charge < -0.3 is 19.9 Å². The molecule has 3 N–H and O–H groups in total. The van der Waals surface area contributed by atoms with Gasteiger partial charge in [-0.2, -0.15) is 10.1 Å². The van der Waals surface area contributed by atoms with Crippen molar-refractivity contribution in [3.8, 4) is 0 Å². The lowest BCUT2D eigenvalue weighted by Crippen LogP contribution is -2.17. The number of carbonyl (C=O) groups excluding carboxylic acids is 1. The minimum Gasteiger partial charge on any atom is -0.446 e. The number of nitrogen functional groups attached to an aromatic ring is 1. The molecule has 13 heteroatoms. The number of ether oxygens (including phenoxy) is 1. The predicted molar refractivity (Wildman–Crippen MR) is 87.1 cm³/mol. The predicted octanol–water partition coefficient (Wildman–Crippen LogP) is 0.909. The van der Waals surface area contributed by atoms with E-state index in [1.165, 1.54) is 31.0 Å². The van der Waals surface area contributed by atoms with Crippen LogP contribution in [-0.4, -0.2) is 55.3 Å². The Morgan fingerprint density at radius 1 is 1.38 bits per heavy atom. The molecule has 3 aromatic rings. The number of carbonyl (C=O) groups is 1. The average Bonchev–Trinajstić information content (AvgIpc) is 3.34. The van der Waals surface area contributed by atoms with Crippen molar-refractivity contribution >= 4 is 35.2 Å². The van der Waals surface area contributed by atoms with Gasteiger partial charge in [-0.15, -0.1) is 0 Å². The zero-order chi connectivity index (χ0) is 18.5. The van der Waals surface area contributed by atoms with Gasteiger partial charge in [0, 0.05) is 0 Å². The summed E-state index contributed by atoms with van der Waals surface area (Å²) in [5.74, 6) is 0.263. The molecule has 0 aliphatic carbocycles. The normalized spacial score (nSPS) is 13.7. The fourth-order valence-electron chi connectivity index (χ4n) is 1.91. The van der Waals surface area contributed by atoms with Crippen molar-refractivity contribution in [2.75, 3.05) is 18.9 Å². The van der Waals surface area contributed by atoms with Crippen LogP contribution < -0.4 is 5.73 Å². The zero-order valence-electron chi connectivity index (χ0n) is 13.1. The number of fused-ring (bicyclic) bond motifs is 1. The second kappa shape index (κ2) is 7.25. The van der Waals surface area contributed by atoms with E-state index in [1.54, 1.807) is 0 Å². The van der Waals surface area contributed by atoms with Crippen LogP contribution in [0.25, 0.3) is 11.2 Å². The van der Waals surface area contributed by atoms with E-state index < -0.39 is 11.0 Å². The third kappa shape index (κ3) is 3.72. The quantitative estimate of drug-likeness (QED) is 0.390. The number of imidazole rings is 1. The summed E-state index contributed by atoms with van der Waals surface area (Å²) in [5, 5.41) is 15.2. The number of cyclic esters (lactones) is 1. The monoisotopic (exact) mass is 360 g/mol. The Balaban J connectivity index is 0.000000167. The van der Waals surface area contributed by atoms with Gasteiger partial charge in [-0.3, -0.25) is 10.1 Å². The lowest BCUT2D eigenvalue weighted by molar-refractivity contribution is -0.402. The van der Waals surface area contributed by atoms with Crippen molar-refractivity contribution in [1.29, 1.82) is 0 Å². The van der Waals surface area contributed by atoms with Crippen LogP contribution in [0.4, 0.5) is 16.5 Å². The van der Waals surface area contributed by atoms with Crippen LogP contribution in [0.5, 0.6) is 0 Å². The molecule has 4 rings (SSSR count). The molecule has 0 aromatic carbocycles. The van der Waals surface area contributed by atoms with Gasteiger partial charge in [0.1, 0.15) is 23.4 Å². The van der Waals surface area contributed by atoms with Gasteiger partial charge in [0.25, 0.3) is 0 Å². The highest BCUT2D eigenvalue weighted by Gasteiger charge is 2.21. The molecule has 1 aliphatic rings. The lowest BCUT2D eigenvalue weighted by Gasteiger charge is -2.01. The van der Waals surface area contributed by atoms with Crippen molar-refractivity contribution < 1.29 is 18.9 Å². The molecule has 0 atom stereocenters. The van der Waals surface area contributed by atoms with Crippen molar-refractivity contribution in [2.24, 2.45) is 5.10 Å². The van der Waals surface area contributed by atoms with E-state index in [9.17, 15) is 14.9 Å². The van der Waals surface area contributed by atoms with E-state index in [0.29, 0.717) is 23.5 Å². The van der Waals surface area contributed by atoms with E-state index in [4.69, 9.17) is 10.2 Å². The first-order chi connectivity index (χ1) is 12.5. The maximum absolute atomic E-state index is 11.0. The third-order valence-corrected chi connectivity index (χ3v) is 3.11. The molecule has 26 heavy (non-hydrogen) atoms. The van der Waals surface area contributed by atoms with Crippen LogP contribution in [0.3, 0.4) is 0 Å². The van der Waals surface area contributed by atoms with Crippen LogP contribution in [0.15, 0.2) is 34.3 Å². The Hall–Kier alpha value is -4.03. The molecule has 0 spiro atoms. The summed E-state index contributed by atoms with van der Waals surface area (Å²) in [4.78, 5) is 35.0. The Labute approximate surface area is 144 Å². The minimum absolute atomic E-state index is 0.200. The number of nitrogens with zero attached hydrogens (tertiary/aromatic N) is 6. The number of aromatic nitrogens is 4. The molecule has 4 heterocycles. The SMILES string of the molecule is Nc1ncnc2nc[nH]c12.O=C1OCCN1N=Cc1ccc([N+](=O)[O-])o1. The number of furan rings is 1. The van der Waals surface area contributed by atoms with Crippen molar-refractivity contribution in [2.45, 2.75) is 0 Å². The summed E-state index contributed by atoms with van der Waals surface area (Å²) in [7, 11) is 0. The van der Waals surface area contributed by atoms with Crippen molar-refractivity contribution in [3.63, 3.8) is 0 Å². The second-order valence-electron chi connectivity index (χ2n) is 4.78. The standard InChI is InChI=1S/C8H7N3O5.C5H5N5/c12-8-10(3-4-15-8)9-5-6-1-2-7(16-6)11(13)14;6-4-3-5(9-1-7-3)10-2-8-4/h1-2,5H,3-4H2;1-2H,(H3,6,7,8,9,10). The van der Waals surface area contributed by atoms with Crippen LogP contribution in [0.2, 0.25) is 0 Å². The van der Waals surface area contributed by atoms with Crippen molar-refractivity contribution in [1.82, 2.24) is 24.9 Å². The molecule has 1 amide bonds. The number of aromatic amines is 1. The summed E-state index contributed by atoms with van der Waals surface area (Å²) >= 11 is 0. The first-order valence-electron chi connectivity index (χ1n) is 7.16. The second-order valence-corrected chi connectivity index (χ2v) is 4.78. The number of hydrazone groups is 1. The van der Waals surface area contributed by atoms with E-state index in [2.05, 4.69) is 29.8 Å². The van der Waals surface area contributed by atoms with Gasteiger partial charge in [-0.05, 0) is 6.07 Å². The Morgan fingerprint density at radius 3 is 2.88 bits per heavy atom. The molecule has 0 unspecified atom stereocenters. The van der Waals surface area contributed by atoms with Gasteiger partial charge in [-0.1, -0.05) is 0 Å². The molecule has 0 bridgehead atoms. The van der Waals surface area contributed by atoms with E-state index in [1.807, 2.05) is 0 Å². The maximum atomic E-state index is 11.0. The van der Waals surface area contributed by atoms with Gasteiger partial charge in [0.05, 0.1) is 25.2 Å². The fraction of sp³-hybridized carbons (Fsp3) is 0.154. The summed E-state index contributed by atoms with van der Waals surface area (Å²) in [6.07, 6.45) is 3.60. The summed E-state index contributed by atoms with van der Waals surface area (Å²) in [6, 6.07) is 2.60. The Bertz CT molecular complexity index is 964.